The number of hydrogen-bond donors (Lipinski definition) is 2. The third-order valence-corrected chi connectivity index (χ3v) is 5.11. The van der Waals surface area contributed by atoms with Crippen molar-refractivity contribution in [2.24, 2.45) is 0 Å². The maximum Gasteiger partial charge on any atom is 0.147 e. The summed E-state index contributed by atoms with van der Waals surface area (Å²) in [6.45, 7) is 0.0735. The SMILES string of the molecule is N#Cc1ccc(F)c(CNc2cc(F)c(SNc3cscn3)cc2Cl)c1. The van der Waals surface area contributed by atoms with Gasteiger partial charge in [0.2, 0.25) is 0 Å². The number of halogens is 3. The van der Waals surface area contributed by atoms with Crippen molar-refractivity contribution in [1.82, 2.24) is 4.98 Å². The van der Waals surface area contributed by atoms with E-state index in [2.05, 4.69) is 15.0 Å². The van der Waals surface area contributed by atoms with E-state index >= 15 is 0 Å². The van der Waals surface area contributed by atoms with Crippen molar-refractivity contribution in [3.8, 4) is 6.07 Å². The number of aromatic nitrogens is 1. The van der Waals surface area contributed by atoms with Gasteiger partial charge in [0.25, 0.3) is 0 Å². The molecule has 0 atom stereocenters. The van der Waals surface area contributed by atoms with Crippen molar-refractivity contribution >= 4 is 46.4 Å². The van der Waals surface area contributed by atoms with Crippen molar-refractivity contribution < 1.29 is 8.78 Å². The molecule has 0 unspecified atom stereocenters. The van der Waals surface area contributed by atoms with Crippen LogP contribution in [0.5, 0.6) is 0 Å². The smallest absolute Gasteiger partial charge is 0.147 e. The predicted octanol–water partition coefficient (Wildman–Crippen LogP) is 5.68. The third kappa shape index (κ3) is 4.43. The first-order chi connectivity index (χ1) is 12.6. The van der Waals surface area contributed by atoms with Crippen LogP contribution in [-0.4, -0.2) is 4.98 Å². The number of hydrogen-bond acceptors (Lipinski definition) is 6. The van der Waals surface area contributed by atoms with Crippen molar-refractivity contribution in [3.05, 3.63) is 69.0 Å². The fourth-order valence-electron chi connectivity index (χ4n) is 2.08. The van der Waals surface area contributed by atoms with E-state index < -0.39 is 11.6 Å². The maximum absolute atomic E-state index is 14.3. The molecular weight excluding hydrogens is 398 g/mol. The quantitative estimate of drug-likeness (QED) is 0.514. The summed E-state index contributed by atoms with van der Waals surface area (Å²) >= 11 is 8.68. The van der Waals surface area contributed by atoms with Gasteiger partial charge < -0.3 is 10.0 Å². The molecule has 0 saturated heterocycles. The van der Waals surface area contributed by atoms with Crippen LogP contribution >= 0.6 is 34.9 Å². The highest BCUT2D eigenvalue weighted by Crippen LogP contribution is 2.32. The van der Waals surface area contributed by atoms with Crippen LogP contribution in [0.15, 0.2) is 46.1 Å². The molecule has 0 radical (unpaired) electrons. The molecule has 132 valence electrons. The minimum Gasteiger partial charge on any atom is -0.380 e. The minimum atomic E-state index is -0.476. The van der Waals surface area contributed by atoms with Gasteiger partial charge in [-0.1, -0.05) is 11.6 Å². The van der Waals surface area contributed by atoms with Crippen LogP contribution in [0.4, 0.5) is 20.3 Å². The first-order valence-electron chi connectivity index (χ1n) is 7.29. The molecule has 0 fully saturated rings. The third-order valence-electron chi connectivity index (χ3n) is 3.36. The Morgan fingerprint density at radius 3 is 2.81 bits per heavy atom. The molecule has 1 heterocycles. The second kappa shape index (κ2) is 8.36. The lowest BCUT2D eigenvalue weighted by molar-refractivity contribution is 0.602. The van der Waals surface area contributed by atoms with Gasteiger partial charge in [0.05, 0.1) is 32.7 Å². The Morgan fingerprint density at radius 1 is 1.23 bits per heavy atom. The molecule has 0 saturated carbocycles. The number of nitriles is 1. The first kappa shape index (κ1) is 18.5. The summed E-state index contributed by atoms with van der Waals surface area (Å²) in [5, 5.41) is 13.9. The van der Waals surface area contributed by atoms with Gasteiger partial charge in [-0.05, 0) is 42.3 Å². The Bertz CT molecular complexity index is 958. The van der Waals surface area contributed by atoms with Gasteiger partial charge >= 0.3 is 0 Å². The predicted molar refractivity (Wildman–Crippen MR) is 101 cm³/mol. The van der Waals surface area contributed by atoms with E-state index in [4.69, 9.17) is 16.9 Å². The zero-order valence-electron chi connectivity index (χ0n) is 13.1. The zero-order chi connectivity index (χ0) is 18.5. The van der Waals surface area contributed by atoms with Crippen molar-refractivity contribution in [3.63, 3.8) is 0 Å². The number of anilines is 2. The first-order valence-corrected chi connectivity index (χ1v) is 9.43. The fraction of sp³-hybridized carbons (Fsp3) is 0.0588. The van der Waals surface area contributed by atoms with Crippen LogP contribution in [0, 0.1) is 23.0 Å². The van der Waals surface area contributed by atoms with Crippen molar-refractivity contribution in [2.45, 2.75) is 11.4 Å². The van der Waals surface area contributed by atoms with Crippen molar-refractivity contribution in [2.75, 3.05) is 10.0 Å². The second-order valence-corrected chi connectivity index (χ2v) is 7.09. The van der Waals surface area contributed by atoms with E-state index in [-0.39, 0.29) is 6.54 Å². The Hall–Kier alpha value is -2.34. The summed E-state index contributed by atoms with van der Waals surface area (Å²) < 4.78 is 31.0. The van der Waals surface area contributed by atoms with Crippen molar-refractivity contribution in [1.29, 1.82) is 5.26 Å². The van der Waals surface area contributed by atoms with Gasteiger partial charge in [-0.25, -0.2) is 13.8 Å². The van der Waals surface area contributed by atoms with E-state index in [0.717, 1.165) is 11.9 Å². The highest BCUT2D eigenvalue weighted by Gasteiger charge is 2.11. The molecule has 2 N–H and O–H groups in total. The largest absolute Gasteiger partial charge is 0.380 e. The minimum absolute atomic E-state index is 0.0735. The molecule has 3 rings (SSSR count). The van der Waals surface area contributed by atoms with Crippen LogP contribution in [0.3, 0.4) is 0 Å². The molecular formula is C17H11ClF2N4S2. The zero-order valence-corrected chi connectivity index (χ0v) is 15.5. The lowest BCUT2D eigenvalue weighted by atomic mass is 10.1. The molecule has 1 aromatic heterocycles. The number of thiazole rings is 1. The molecule has 0 bridgehead atoms. The topological polar surface area (TPSA) is 60.7 Å². The van der Waals surface area contributed by atoms with Gasteiger partial charge in [0.1, 0.15) is 17.5 Å². The van der Waals surface area contributed by atoms with Gasteiger partial charge in [0.15, 0.2) is 0 Å². The second-order valence-electron chi connectivity index (χ2n) is 5.11. The summed E-state index contributed by atoms with van der Waals surface area (Å²) in [6.07, 6.45) is 0. The molecule has 0 aliphatic carbocycles. The van der Waals surface area contributed by atoms with Crippen LogP contribution in [0.1, 0.15) is 11.1 Å². The lowest BCUT2D eigenvalue weighted by Crippen LogP contribution is -2.03. The van der Waals surface area contributed by atoms with E-state index in [1.54, 1.807) is 10.9 Å². The average molecular weight is 409 g/mol. The number of benzene rings is 2. The standard InChI is InChI=1S/C17H11ClF2N4S2/c18-12-4-16(26-24-17-8-25-9-23-17)14(20)5-15(12)22-7-11-3-10(6-21)1-2-13(11)19/h1-5,8-9,22,24H,7H2. The Kier molecular flexibility index (Phi) is 5.93. The summed E-state index contributed by atoms with van der Waals surface area (Å²) in [5.41, 5.74) is 2.65. The monoisotopic (exact) mass is 408 g/mol. The number of nitrogens with zero attached hydrogens (tertiary/aromatic N) is 2. The fourth-order valence-corrected chi connectivity index (χ4v) is 3.60. The summed E-state index contributed by atoms with van der Waals surface area (Å²) in [4.78, 5) is 4.36. The van der Waals surface area contributed by atoms with Crippen LogP contribution < -0.4 is 10.0 Å². The van der Waals surface area contributed by atoms with Crippen LogP contribution in [0.25, 0.3) is 0 Å². The molecule has 26 heavy (non-hydrogen) atoms. The molecule has 0 spiro atoms. The van der Waals surface area contributed by atoms with Gasteiger partial charge in [-0.2, -0.15) is 5.26 Å². The Balaban J connectivity index is 1.71. The van der Waals surface area contributed by atoms with E-state index in [0.29, 0.717) is 32.6 Å². The normalized spacial score (nSPS) is 10.4. The summed E-state index contributed by atoms with van der Waals surface area (Å²) in [7, 11) is 0. The van der Waals surface area contributed by atoms with E-state index in [1.165, 1.54) is 41.7 Å². The van der Waals surface area contributed by atoms with Gasteiger partial charge in [-0.3, -0.25) is 0 Å². The van der Waals surface area contributed by atoms with Gasteiger partial charge in [0, 0.05) is 17.5 Å². The molecule has 9 heteroatoms. The molecule has 3 aromatic rings. The highest BCUT2D eigenvalue weighted by molar-refractivity contribution is 8.00. The summed E-state index contributed by atoms with van der Waals surface area (Å²) in [5.74, 6) is -0.297. The van der Waals surface area contributed by atoms with Crippen LogP contribution in [0.2, 0.25) is 5.02 Å². The Morgan fingerprint density at radius 2 is 2.08 bits per heavy atom. The van der Waals surface area contributed by atoms with Crippen LogP contribution in [-0.2, 0) is 6.54 Å². The number of nitrogens with one attached hydrogen (secondary N) is 2. The molecule has 2 aromatic carbocycles. The number of rotatable bonds is 6. The lowest BCUT2D eigenvalue weighted by Gasteiger charge is -2.12. The highest BCUT2D eigenvalue weighted by atomic mass is 35.5. The molecule has 0 aliphatic heterocycles. The maximum atomic E-state index is 14.3. The molecule has 0 aliphatic rings. The van der Waals surface area contributed by atoms with E-state index in [1.807, 2.05) is 6.07 Å². The molecule has 4 nitrogen and oxygen atoms in total. The van der Waals surface area contributed by atoms with Gasteiger partial charge in [-0.15, -0.1) is 11.3 Å². The Labute approximate surface area is 162 Å². The average Bonchev–Trinajstić information content (AvgIpc) is 3.15. The van der Waals surface area contributed by atoms with E-state index in [9.17, 15) is 8.78 Å². The molecule has 0 amide bonds. The summed E-state index contributed by atoms with van der Waals surface area (Å²) in [6, 6.07) is 8.74.